The van der Waals surface area contributed by atoms with Crippen LogP contribution in [0.1, 0.15) is 40.5 Å². The molecule has 0 spiro atoms. The molecule has 1 aliphatic rings. The van der Waals surface area contributed by atoms with Crippen molar-refractivity contribution in [1.82, 2.24) is 10.2 Å². The Morgan fingerprint density at radius 1 is 1.40 bits per heavy atom. The summed E-state index contributed by atoms with van der Waals surface area (Å²) in [6.45, 7) is 9.34. The van der Waals surface area contributed by atoms with E-state index in [1.807, 2.05) is 27.7 Å². The molecule has 5 nitrogen and oxygen atoms in total. The number of aliphatic hydroxyl groups excluding tert-OH is 1. The smallest absolute Gasteiger partial charge is 0.225 e. The van der Waals surface area contributed by atoms with E-state index < -0.39 is 0 Å². The highest BCUT2D eigenvalue weighted by atomic mass is 16.3. The maximum atomic E-state index is 12.2. The van der Waals surface area contributed by atoms with Crippen LogP contribution < -0.4 is 5.32 Å². The molecule has 0 aliphatic carbocycles. The first kappa shape index (κ1) is 17.0. The molecule has 1 aliphatic heterocycles. The first-order valence-corrected chi connectivity index (χ1v) is 7.44. The van der Waals surface area contributed by atoms with Gasteiger partial charge in [-0.2, -0.15) is 0 Å². The first-order valence-electron chi connectivity index (χ1n) is 7.44. The Balaban J connectivity index is 2.50. The number of carbonyl (C=O) groups excluding carboxylic acids is 2. The number of rotatable bonds is 5. The number of aliphatic hydroxyl groups is 1. The lowest BCUT2D eigenvalue weighted by Gasteiger charge is -2.33. The fraction of sp³-hybridized carbons (Fsp3) is 0.867. The predicted octanol–water partition coefficient (Wildman–Crippen LogP) is 1.02. The normalized spacial score (nSPS) is 20.1. The Hall–Kier alpha value is -1.10. The van der Waals surface area contributed by atoms with Crippen molar-refractivity contribution >= 4 is 11.8 Å². The van der Waals surface area contributed by atoms with Gasteiger partial charge < -0.3 is 15.3 Å². The quantitative estimate of drug-likeness (QED) is 0.792. The van der Waals surface area contributed by atoms with E-state index in [0.29, 0.717) is 13.1 Å². The highest BCUT2D eigenvalue weighted by Crippen LogP contribution is 2.19. The molecule has 20 heavy (non-hydrogen) atoms. The number of carbonyl (C=O) groups is 2. The summed E-state index contributed by atoms with van der Waals surface area (Å²) >= 11 is 0. The molecule has 2 amide bonds. The van der Waals surface area contributed by atoms with Gasteiger partial charge in [0.15, 0.2) is 0 Å². The van der Waals surface area contributed by atoms with Crippen LogP contribution in [-0.2, 0) is 9.59 Å². The fourth-order valence-corrected chi connectivity index (χ4v) is 2.28. The van der Waals surface area contributed by atoms with E-state index in [4.69, 9.17) is 0 Å². The van der Waals surface area contributed by atoms with Gasteiger partial charge in [-0.3, -0.25) is 9.59 Å². The van der Waals surface area contributed by atoms with Crippen molar-refractivity contribution in [1.29, 1.82) is 0 Å². The van der Waals surface area contributed by atoms with Gasteiger partial charge in [-0.1, -0.05) is 27.7 Å². The van der Waals surface area contributed by atoms with Crippen molar-refractivity contribution in [2.45, 2.75) is 40.5 Å². The number of amides is 2. The standard InChI is InChI=1S/C15H28N2O3/c1-11(2)14(20)17-7-5-6-12(8-17)13(19)16-9-15(3,4)10-18/h11-12,18H,5-10H2,1-4H3,(H,16,19). The maximum Gasteiger partial charge on any atom is 0.225 e. The van der Waals surface area contributed by atoms with E-state index in [2.05, 4.69) is 5.32 Å². The molecule has 1 saturated heterocycles. The minimum absolute atomic E-state index is 0.00668. The van der Waals surface area contributed by atoms with Crippen LogP contribution in [0, 0.1) is 17.3 Å². The van der Waals surface area contributed by atoms with Crippen molar-refractivity contribution in [3.63, 3.8) is 0 Å². The molecular weight excluding hydrogens is 256 g/mol. The van der Waals surface area contributed by atoms with Crippen molar-refractivity contribution in [3.8, 4) is 0 Å². The highest BCUT2D eigenvalue weighted by molar-refractivity contribution is 5.82. The van der Waals surface area contributed by atoms with Gasteiger partial charge in [-0.15, -0.1) is 0 Å². The molecule has 1 rings (SSSR count). The van der Waals surface area contributed by atoms with Crippen LogP contribution in [0.3, 0.4) is 0 Å². The van der Waals surface area contributed by atoms with Gasteiger partial charge in [-0.25, -0.2) is 0 Å². The average molecular weight is 284 g/mol. The second-order valence-electron chi connectivity index (χ2n) is 6.82. The van der Waals surface area contributed by atoms with Gasteiger partial charge in [-0.05, 0) is 12.8 Å². The molecule has 2 N–H and O–H groups in total. The summed E-state index contributed by atoms with van der Waals surface area (Å²) in [7, 11) is 0. The minimum Gasteiger partial charge on any atom is -0.396 e. The molecule has 1 heterocycles. The average Bonchev–Trinajstić information content (AvgIpc) is 2.44. The molecule has 0 saturated carbocycles. The highest BCUT2D eigenvalue weighted by Gasteiger charge is 2.30. The molecule has 5 heteroatoms. The molecule has 1 fully saturated rings. The third-order valence-corrected chi connectivity index (χ3v) is 3.77. The van der Waals surface area contributed by atoms with Gasteiger partial charge in [0.2, 0.25) is 11.8 Å². The molecule has 1 atom stereocenters. The van der Waals surface area contributed by atoms with Crippen LogP contribution in [0.15, 0.2) is 0 Å². The summed E-state index contributed by atoms with van der Waals surface area (Å²) < 4.78 is 0. The summed E-state index contributed by atoms with van der Waals surface area (Å²) in [5.41, 5.74) is -0.308. The number of likely N-dealkylation sites (tertiary alicyclic amines) is 1. The summed E-state index contributed by atoms with van der Waals surface area (Å²) in [4.78, 5) is 26.0. The lowest BCUT2D eigenvalue weighted by molar-refractivity contribution is -0.138. The van der Waals surface area contributed by atoms with E-state index in [1.54, 1.807) is 4.90 Å². The number of nitrogens with one attached hydrogen (secondary N) is 1. The van der Waals surface area contributed by atoms with Crippen LogP contribution in [0.5, 0.6) is 0 Å². The lowest BCUT2D eigenvalue weighted by atomic mass is 9.93. The van der Waals surface area contributed by atoms with Crippen molar-refractivity contribution in [2.75, 3.05) is 26.2 Å². The van der Waals surface area contributed by atoms with Gasteiger partial charge in [0, 0.05) is 37.6 Å². The number of hydrogen-bond donors (Lipinski definition) is 2. The lowest BCUT2D eigenvalue weighted by Crippen LogP contribution is -2.48. The Labute approximate surface area is 121 Å². The Morgan fingerprint density at radius 2 is 2.05 bits per heavy atom. The van der Waals surface area contributed by atoms with Crippen LogP contribution in [0.4, 0.5) is 0 Å². The second-order valence-corrected chi connectivity index (χ2v) is 6.82. The van der Waals surface area contributed by atoms with Gasteiger partial charge in [0.25, 0.3) is 0 Å². The monoisotopic (exact) mass is 284 g/mol. The summed E-state index contributed by atoms with van der Waals surface area (Å²) in [6.07, 6.45) is 1.70. The van der Waals surface area contributed by atoms with Crippen LogP contribution in [0.2, 0.25) is 0 Å². The van der Waals surface area contributed by atoms with E-state index in [9.17, 15) is 14.7 Å². The molecule has 116 valence electrons. The third-order valence-electron chi connectivity index (χ3n) is 3.77. The van der Waals surface area contributed by atoms with E-state index in [0.717, 1.165) is 19.4 Å². The Bertz CT molecular complexity index is 353. The Morgan fingerprint density at radius 3 is 2.60 bits per heavy atom. The maximum absolute atomic E-state index is 12.2. The van der Waals surface area contributed by atoms with E-state index in [-0.39, 0.29) is 35.7 Å². The number of nitrogens with zero attached hydrogens (tertiary/aromatic N) is 1. The molecule has 0 radical (unpaired) electrons. The molecule has 0 bridgehead atoms. The van der Waals surface area contributed by atoms with Gasteiger partial charge in [0.05, 0.1) is 5.92 Å². The SMILES string of the molecule is CC(C)C(=O)N1CCCC(C(=O)NCC(C)(C)CO)C1. The van der Waals surface area contributed by atoms with E-state index in [1.165, 1.54) is 0 Å². The third kappa shape index (κ3) is 4.78. The van der Waals surface area contributed by atoms with Crippen LogP contribution >= 0.6 is 0 Å². The topological polar surface area (TPSA) is 69.6 Å². The van der Waals surface area contributed by atoms with Crippen molar-refractivity contribution in [3.05, 3.63) is 0 Å². The largest absolute Gasteiger partial charge is 0.396 e. The second kappa shape index (κ2) is 7.07. The summed E-state index contributed by atoms with van der Waals surface area (Å²) in [5, 5.41) is 12.1. The van der Waals surface area contributed by atoms with Gasteiger partial charge in [0.1, 0.15) is 0 Å². The zero-order chi connectivity index (χ0) is 15.3. The molecular formula is C15H28N2O3. The van der Waals surface area contributed by atoms with Crippen LogP contribution in [0.25, 0.3) is 0 Å². The van der Waals surface area contributed by atoms with E-state index >= 15 is 0 Å². The van der Waals surface area contributed by atoms with Crippen molar-refractivity contribution in [2.24, 2.45) is 17.3 Å². The zero-order valence-corrected chi connectivity index (χ0v) is 13.1. The fourth-order valence-electron chi connectivity index (χ4n) is 2.28. The predicted molar refractivity (Wildman–Crippen MR) is 78.0 cm³/mol. The summed E-state index contributed by atoms with van der Waals surface area (Å²) in [6, 6.07) is 0. The van der Waals surface area contributed by atoms with Crippen LogP contribution in [-0.4, -0.2) is 48.1 Å². The van der Waals surface area contributed by atoms with Crippen molar-refractivity contribution < 1.29 is 14.7 Å². The number of piperidine rings is 1. The molecule has 0 aromatic carbocycles. The zero-order valence-electron chi connectivity index (χ0n) is 13.1. The minimum atomic E-state index is -0.308. The first-order chi connectivity index (χ1) is 9.26. The molecule has 1 unspecified atom stereocenters. The summed E-state index contributed by atoms with van der Waals surface area (Å²) in [5.74, 6) is -0.0305. The van der Waals surface area contributed by atoms with Gasteiger partial charge >= 0.3 is 0 Å². The Kier molecular flexibility index (Phi) is 5.99. The molecule has 0 aromatic rings. The molecule has 0 aromatic heterocycles. The number of hydrogen-bond acceptors (Lipinski definition) is 3.